The number of likely N-dealkylation sites (N-methyl/N-ethyl adjacent to an activating group) is 1. The molecule has 2 atom stereocenters. The number of carbonyl (C=O) groups is 3. The fourth-order valence-corrected chi connectivity index (χ4v) is 2.79. The molecular weight excluding hydrogens is 434 g/mol. The Kier molecular flexibility index (Phi) is 12.5. The summed E-state index contributed by atoms with van der Waals surface area (Å²) in [5.41, 5.74) is 0.723. The highest BCUT2D eigenvalue weighted by molar-refractivity contribution is 5.79. The summed E-state index contributed by atoms with van der Waals surface area (Å²) in [6.07, 6.45) is 0.824. The van der Waals surface area contributed by atoms with Crippen molar-refractivity contribution in [1.82, 2.24) is 5.32 Å². The molecule has 7 nitrogen and oxygen atoms in total. The van der Waals surface area contributed by atoms with Crippen molar-refractivity contribution in [1.29, 1.82) is 0 Å². The Bertz CT molecular complexity index is 766. The minimum Gasteiger partial charge on any atom is -0.462 e. The normalized spacial score (nSPS) is 13.6. The van der Waals surface area contributed by atoms with Gasteiger partial charge in [-0.25, -0.2) is 0 Å². The maximum Gasteiger partial charge on any atom is 0.323 e. The molecule has 0 radical (unpaired) electrons. The third kappa shape index (κ3) is 15.4. The molecule has 0 spiro atoms. The zero-order valence-electron chi connectivity index (χ0n) is 22.9. The average Bonchev–Trinajstić information content (AvgIpc) is 2.63. The standard InChI is InChI=1S/C22H35NO4.C5H10O2/c1-15-9-11-16(12-10-15)13-17(19(24)26-21(2,3)4)14-18(23-8)20(25)27-22(5,6)7;1-5(2,3)7-4-6/h9-12,17-18,23H,13-14H2,1-8H3;4H,1-3H3/t17-,18?;/m0./s1. The first kappa shape index (κ1) is 31.6. The second-order valence-electron chi connectivity index (χ2n) is 11.4. The van der Waals surface area contributed by atoms with E-state index in [2.05, 4.69) is 10.1 Å². The van der Waals surface area contributed by atoms with Crippen LogP contribution in [0.1, 0.15) is 79.9 Å². The molecule has 1 aromatic carbocycles. The average molecular weight is 480 g/mol. The van der Waals surface area contributed by atoms with E-state index in [4.69, 9.17) is 9.47 Å². The van der Waals surface area contributed by atoms with E-state index in [-0.39, 0.29) is 17.5 Å². The maximum atomic E-state index is 12.8. The predicted molar refractivity (Wildman–Crippen MR) is 134 cm³/mol. The largest absolute Gasteiger partial charge is 0.462 e. The summed E-state index contributed by atoms with van der Waals surface area (Å²) >= 11 is 0. The van der Waals surface area contributed by atoms with Crippen LogP contribution in [0.2, 0.25) is 0 Å². The number of nitrogens with one attached hydrogen (secondary N) is 1. The van der Waals surface area contributed by atoms with E-state index in [9.17, 15) is 14.4 Å². The van der Waals surface area contributed by atoms with Gasteiger partial charge in [0.2, 0.25) is 0 Å². The van der Waals surface area contributed by atoms with E-state index < -0.39 is 23.2 Å². The molecule has 0 aliphatic carbocycles. The van der Waals surface area contributed by atoms with Crippen LogP contribution in [0.3, 0.4) is 0 Å². The summed E-state index contributed by atoms with van der Waals surface area (Å²) in [7, 11) is 1.70. The lowest BCUT2D eigenvalue weighted by Crippen LogP contribution is -2.43. The molecule has 0 aromatic heterocycles. The van der Waals surface area contributed by atoms with E-state index in [1.54, 1.807) is 7.05 Å². The second-order valence-corrected chi connectivity index (χ2v) is 11.4. The van der Waals surface area contributed by atoms with E-state index in [1.807, 2.05) is 93.5 Å². The monoisotopic (exact) mass is 479 g/mol. The first-order valence-corrected chi connectivity index (χ1v) is 11.7. The lowest BCUT2D eigenvalue weighted by atomic mass is 9.92. The molecule has 7 heteroatoms. The molecule has 0 saturated carbocycles. The topological polar surface area (TPSA) is 90.9 Å². The maximum absolute atomic E-state index is 12.8. The molecule has 34 heavy (non-hydrogen) atoms. The van der Waals surface area contributed by atoms with Gasteiger partial charge in [0.05, 0.1) is 5.92 Å². The number of rotatable bonds is 8. The minimum atomic E-state index is -0.580. The molecule has 1 aromatic rings. The Balaban J connectivity index is 0.00000135. The van der Waals surface area contributed by atoms with Crippen LogP contribution >= 0.6 is 0 Å². The Morgan fingerprint density at radius 3 is 1.68 bits per heavy atom. The van der Waals surface area contributed by atoms with Crippen LogP contribution in [0.4, 0.5) is 0 Å². The number of hydrogen-bond acceptors (Lipinski definition) is 7. The number of benzene rings is 1. The van der Waals surface area contributed by atoms with Crippen molar-refractivity contribution in [2.75, 3.05) is 7.05 Å². The summed E-state index contributed by atoms with van der Waals surface area (Å²) in [6, 6.07) is 7.48. The summed E-state index contributed by atoms with van der Waals surface area (Å²) in [5, 5.41) is 2.99. The third-order valence-corrected chi connectivity index (χ3v) is 4.30. The number of aryl methyl sites for hydroxylation is 1. The highest BCUT2D eigenvalue weighted by Gasteiger charge is 2.32. The molecular formula is C27H45NO6. The number of hydrogen-bond donors (Lipinski definition) is 1. The van der Waals surface area contributed by atoms with Gasteiger partial charge in [0.15, 0.2) is 0 Å². The van der Waals surface area contributed by atoms with Gasteiger partial charge >= 0.3 is 11.9 Å². The van der Waals surface area contributed by atoms with Gasteiger partial charge in [-0.15, -0.1) is 0 Å². The number of ether oxygens (including phenoxy) is 3. The zero-order valence-corrected chi connectivity index (χ0v) is 22.9. The van der Waals surface area contributed by atoms with Crippen LogP contribution in [-0.2, 0) is 35.0 Å². The van der Waals surface area contributed by atoms with E-state index >= 15 is 0 Å². The van der Waals surface area contributed by atoms with Gasteiger partial charge in [0.1, 0.15) is 22.8 Å². The van der Waals surface area contributed by atoms with Crippen molar-refractivity contribution in [3.8, 4) is 0 Å². The highest BCUT2D eigenvalue weighted by Crippen LogP contribution is 2.21. The first-order valence-electron chi connectivity index (χ1n) is 11.7. The van der Waals surface area contributed by atoms with Crippen molar-refractivity contribution in [2.24, 2.45) is 5.92 Å². The highest BCUT2D eigenvalue weighted by atomic mass is 16.6. The lowest BCUT2D eigenvalue weighted by molar-refractivity contribution is -0.162. The Hall–Kier alpha value is -2.41. The summed E-state index contributed by atoms with van der Waals surface area (Å²) < 4.78 is 15.6. The molecule has 1 rings (SSSR count). The van der Waals surface area contributed by atoms with Gasteiger partial charge in [-0.05, 0) is 94.7 Å². The molecule has 0 fully saturated rings. The molecule has 0 saturated heterocycles. The third-order valence-electron chi connectivity index (χ3n) is 4.30. The Morgan fingerprint density at radius 2 is 1.32 bits per heavy atom. The minimum absolute atomic E-state index is 0.299. The Labute approximate surface area is 205 Å². The van der Waals surface area contributed by atoms with Crippen LogP contribution in [0.15, 0.2) is 24.3 Å². The van der Waals surface area contributed by atoms with Crippen molar-refractivity contribution in [3.05, 3.63) is 35.4 Å². The summed E-state index contributed by atoms with van der Waals surface area (Å²) in [5.74, 6) is -1.11. The smallest absolute Gasteiger partial charge is 0.323 e. The first-order chi connectivity index (χ1) is 15.4. The second kappa shape index (κ2) is 13.5. The van der Waals surface area contributed by atoms with Crippen LogP contribution in [0.25, 0.3) is 0 Å². The predicted octanol–water partition coefficient (Wildman–Crippen LogP) is 4.77. The van der Waals surface area contributed by atoms with Crippen molar-refractivity contribution >= 4 is 18.4 Å². The van der Waals surface area contributed by atoms with Gasteiger partial charge in [-0.2, -0.15) is 0 Å². The van der Waals surface area contributed by atoms with Crippen molar-refractivity contribution < 1.29 is 28.6 Å². The summed E-state index contributed by atoms with van der Waals surface area (Å²) in [6.45, 7) is 19.0. The molecule has 194 valence electrons. The Morgan fingerprint density at radius 1 is 0.853 bits per heavy atom. The molecule has 0 amide bonds. The van der Waals surface area contributed by atoms with Gasteiger partial charge in [0.25, 0.3) is 6.47 Å². The number of carbonyl (C=O) groups excluding carboxylic acids is 3. The summed E-state index contributed by atoms with van der Waals surface area (Å²) in [4.78, 5) is 34.9. The quantitative estimate of drug-likeness (QED) is 0.326. The van der Waals surface area contributed by atoms with E-state index in [0.29, 0.717) is 19.3 Å². The van der Waals surface area contributed by atoms with Gasteiger partial charge in [-0.3, -0.25) is 14.4 Å². The zero-order chi connectivity index (χ0) is 26.7. The van der Waals surface area contributed by atoms with E-state index in [1.165, 1.54) is 0 Å². The van der Waals surface area contributed by atoms with Crippen LogP contribution in [0.5, 0.6) is 0 Å². The number of esters is 2. The van der Waals surface area contributed by atoms with Crippen molar-refractivity contribution in [2.45, 2.75) is 105 Å². The molecule has 1 unspecified atom stereocenters. The molecule has 1 N–H and O–H groups in total. The van der Waals surface area contributed by atoms with Crippen LogP contribution in [0, 0.1) is 12.8 Å². The van der Waals surface area contributed by atoms with Gasteiger partial charge in [-0.1, -0.05) is 29.8 Å². The fraction of sp³-hybridized carbons (Fsp3) is 0.667. The SMILES string of the molecule is CC(C)(C)OC=O.CNC(C[C@H](Cc1ccc(C)cc1)C(=O)OC(C)(C)C)C(=O)OC(C)(C)C. The van der Waals surface area contributed by atoms with Crippen LogP contribution in [-0.4, -0.2) is 48.3 Å². The van der Waals surface area contributed by atoms with E-state index in [0.717, 1.165) is 11.1 Å². The molecule has 0 bridgehead atoms. The van der Waals surface area contributed by atoms with Gasteiger partial charge in [0, 0.05) is 0 Å². The molecule has 0 aliphatic rings. The molecule has 0 aliphatic heterocycles. The fourth-order valence-electron chi connectivity index (χ4n) is 2.79. The molecule has 0 heterocycles. The lowest BCUT2D eigenvalue weighted by Gasteiger charge is -2.28. The van der Waals surface area contributed by atoms with Crippen molar-refractivity contribution in [3.63, 3.8) is 0 Å². The van der Waals surface area contributed by atoms with Gasteiger partial charge < -0.3 is 19.5 Å². The van der Waals surface area contributed by atoms with Crippen LogP contribution < -0.4 is 5.32 Å².